The zero-order chi connectivity index (χ0) is 13.1. The second-order valence-corrected chi connectivity index (χ2v) is 4.43. The minimum atomic E-state index is -1.12. The highest BCUT2D eigenvalue weighted by Gasteiger charge is 2.13. The van der Waals surface area contributed by atoms with E-state index in [2.05, 4.69) is 9.69 Å². The number of aromatic nitrogens is 1. The molecule has 2 rings (SSSR count). The molecule has 2 aromatic rings. The van der Waals surface area contributed by atoms with E-state index in [0.29, 0.717) is 16.1 Å². The maximum absolute atomic E-state index is 10.4. The first-order chi connectivity index (χ1) is 8.61. The van der Waals surface area contributed by atoms with Gasteiger partial charge in [0.05, 0.1) is 4.88 Å². The van der Waals surface area contributed by atoms with Crippen LogP contribution in [0.1, 0.15) is 5.56 Å². The SMILES string of the molecule is N#Cc1c(Cl)nsc1-c1ccc(NC(=O)O)cc1. The average molecular weight is 280 g/mol. The number of anilines is 1. The van der Waals surface area contributed by atoms with Crippen LogP contribution in [-0.4, -0.2) is 15.6 Å². The molecule has 0 aliphatic heterocycles. The molecule has 0 saturated carbocycles. The van der Waals surface area contributed by atoms with E-state index in [4.69, 9.17) is 22.0 Å². The topological polar surface area (TPSA) is 86.0 Å². The third kappa shape index (κ3) is 2.42. The summed E-state index contributed by atoms with van der Waals surface area (Å²) >= 11 is 6.91. The van der Waals surface area contributed by atoms with Crippen molar-refractivity contribution in [2.45, 2.75) is 0 Å². The van der Waals surface area contributed by atoms with Gasteiger partial charge in [-0.25, -0.2) is 4.79 Å². The lowest BCUT2D eigenvalue weighted by Crippen LogP contribution is -2.06. The van der Waals surface area contributed by atoms with Gasteiger partial charge in [0.2, 0.25) is 0 Å². The summed E-state index contributed by atoms with van der Waals surface area (Å²) in [6, 6.07) is 8.62. The molecule has 0 bridgehead atoms. The van der Waals surface area contributed by atoms with E-state index in [-0.39, 0.29) is 5.15 Å². The van der Waals surface area contributed by atoms with Crippen LogP contribution >= 0.6 is 23.1 Å². The first kappa shape index (κ1) is 12.4. The molecule has 7 heteroatoms. The third-order valence-corrected chi connectivity index (χ3v) is 3.43. The van der Waals surface area contributed by atoms with Crippen LogP contribution in [0.15, 0.2) is 24.3 Å². The van der Waals surface area contributed by atoms with Gasteiger partial charge in [-0.1, -0.05) is 23.7 Å². The minimum Gasteiger partial charge on any atom is -0.465 e. The Labute approximate surface area is 111 Å². The van der Waals surface area contributed by atoms with Crippen molar-refractivity contribution in [1.29, 1.82) is 5.26 Å². The van der Waals surface area contributed by atoms with Crippen molar-refractivity contribution in [2.24, 2.45) is 0 Å². The van der Waals surface area contributed by atoms with Crippen molar-refractivity contribution in [3.05, 3.63) is 35.0 Å². The van der Waals surface area contributed by atoms with E-state index < -0.39 is 6.09 Å². The zero-order valence-electron chi connectivity index (χ0n) is 8.85. The molecule has 1 amide bonds. The largest absolute Gasteiger partial charge is 0.465 e. The van der Waals surface area contributed by atoms with Crippen LogP contribution < -0.4 is 5.32 Å². The Balaban J connectivity index is 2.35. The highest BCUT2D eigenvalue weighted by Crippen LogP contribution is 2.32. The van der Waals surface area contributed by atoms with E-state index in [0.717, 1.165) is 17.1 Å². The molecule has 0 unspecified atom stereocenters. The molecule has 1 heterocycles. The van der Waals surface area contributed by atoms with Crippen molar-refractivity contribution < 1.29 is 9.90 Å². The molecule has 0 aliphatic carbocycles. The minimum absolute atomic E-state index is 0.185. The summed E-state index contributed by atoms with van der Waals surface area (Å²) in [4.78, 5) is 11.1. The van der Waals surface area contributed by atoms with Crippen molar-refractivity contribution in [1.82, 2.24) is 4.37 Å². The van der Waals surface area contributed by atoms with Gasteiger partial charge in [0.1, 0.15) is 11.6 Å². The molecule has 0 aliphatic rings. The second-order valence-electron chi connectivity index (χ2n) is 3.30. The van der Waals surface area contributed by atoms with Crippen molar-refractivity contribution in [3.63, 3.8) is 0 Å². The number of halogens is 1. The quantitative estimate of drug-likeness (QED) is 0.882. The average Bonchev–Trinajstić information content (AvgIpc) is 2.70. The van der Waals surface area contributed by atoms with Crippen LogP contribution in [0.2, 0.25) is 5.15 Å². The molecule has 2 N–H and O–H groups in total. The van der Waals surface area contributed by atoms with Gasteiger partial charge in [0, 0.05) is 5.69 Å². The van der Waals surface area contributed by atoms with Crippen molar-refractivity contribution in [2.75, 3.05) is 5.32 Å². The van der Waals surface area contributed by atoms with Crippen LogP contribution in [0, 0.1) is 11.3 Å². The lowest BCUT2D eigenvalue weighted by atomic mass is 10.1. The maximum Gasteiger partial charge on any atom is 0.409 e. The number of nitriles is 1. The smallest absolute Gasteiger partial charge is 0.409 e. The molecule has 18 heavy (non-hydrogen) atoms. The fourth-order valence-corrected chi connectivity index (χ4v) is 2.43. The number of nitrogens with one attached hydrogen (secondary N) is 1. The van der Waals surface area contributed by atoms with E-state index in [1.165, 1.54) is 0 Å². The van der Waals surface area contributed by atoms with E-state index >= 15 is 0 Å². The summed E-state index contributed by atoms with van der Waals surface area (Å²) in [5.41, 5.74) is 1.56. The molecule has 5 nitrogen and oxygen atoms in total. The Morgan fingerprint density at radius 2 is 2.11 bits per heavy atom. The number of carboxylic acid groups (broad SMARTS) is 1. The molecule has 90 valence electrons. The number of nitrogens with zero attached hydrogens (tertiary/aromatic N) is 2. The van der Waals surface area contributed by atoms with E-state index in [1.807, 2.05) is 6.07 Å². The van der Waals surface area contributed by atoms with Gasteiger partial charge in [-0.05, 0) is 29.2 Å². The Kier molecular flexibility index (Phi) is 3.46. The van der Waals surface area contributed by atoms with Gasteiger partial charge in [-0.2, -0.15) is 9.64 Å². The fraction of sp³-hybridized carbons (Fsp3) is 0. The van der Waals surface area contributed by atoms with Gasteiger partial charge >= 0.3 is 6.09 Å². The summed E-state index contributed by atoms with van der Waals surface area (Å²) in [6.07, 6.45) is -1.12. The van der Waals surface area contributed by atoms with Crippen molar-refractivity contribution in [3.8, 4) is 16.5 Å². The highest BCUT2D eigenvalue weighted by atomic mass is 35.5. The van der Waals surface area contributed by atoms with Crippen LogP contribution in [-0.2, 0) is 0 Å². The molecule has 0 radical (unpaired) electrons. The van der Waals surface area contributed by atoms with Gasteiger partial charge < -0.3 is 5.11 Å². The van der Waals surface area contributed by atoms with Crippen LogP contribution in [0.4, 0.5) is 10.5 Å². The highest BCUT2D eigenvalue weighted by molar-refractivity contribution is 7.10. The summed E-state index contributed by atoms with van der Waals surface area (Å²) < 4.78 is 3.91. The van der Waals surface area contributed by atoms with Crippen LogP contribution in [0.3, 0.4) is 0 Å². The van der Waals surface area contributed by atoms with E-state index in [9.17, 15) is 4.79 Å². The van der Waals surface area contributed by atoms with Gasteiger partial charge in [-0.15, -0.1) is 0 Å². The maximum atomic E-state index is 10.4. The van der Waals surface area contributed by atoms with E-state index in [1.54, 1.807) is 24.3 Å². The number of hydrogen-bond acceptors (Lipinski definition) is 4. The summed E-state index contributed by atoms with van der Waals surface area (Å²) in [7, 11) is 0. The summed E-state index contributed by atoms with van der Waals surface area (Å²) in [6.45, 7) is 0. The first-order valence-electron chi connectivity index (χ1n) is 4.77. The number of carbonyl (C=O) groups is 1. The van der Waals surface area contributed by atoms with Gasteiger partial charge in [0.15, 0.2) is 5.15 Å². The normalized spacial score (nSPS) is 9.78. The Hall–Kier alpha value is -2.10. The lowest BCUT2D eigenvalue weighted by Gasteiger charge is -2.02. The number of hydrogen-bond donors (Lipinski definition) is 2. The standard InChI is InChI=1S/C11H6ClN3O2S/c12-10-8(5-13)9(18-15-10)6-1-3-7(4-2-6)14-11(16)17/h1-4,14H,(H,16,17). The third-order valence-electron chi connectivity index (χ3n) is 2.16. The number of benzene rings is 1. The predicted molar refractivity (Wildman–Crippen MR) is 68.9 cm³/mol. The first-order valence-corrected chi connectivity index (χ1v) is 5.92. The molecule has 0 atom stereocenters. The zero-order valence-corrected chi connectivity index (χ0v) is 10.4. The molecular weight excluding hydrogens is 274 g/mol. The molecule has 0 saturated heterocycles. The van der Waals surface area contributed by atoms with Gasteiger partial charge in [-0.3, -0.25) is 5.32 Å². The van der Waals surface area contributed by atoms with Crippen molar-refractivity contribution >= 4 is 34.9 Å². The molecule has 1 aromatic heterocycles. The fourth-order valence-electron chi connectivity index (χ4n) is 1.39. The summed E-state index contributed by atoms with van der Waals surface area (Å²) in [5, 5.41) is 19.9. The van der Waals surface area contributed by atoms with Crippen LogP contribution in [0.5, 0.6) is 0 Å². The molecular formula is C11H6ClN3O2S. The predicted octanol–water partition coefficient (Wildman–Crippen LogP) is 3.43. The molecule has 1 aromatic carbocycles. The van der Waals surface area contributed by atoms with Crippen LogP contribution in [0.25, 0.3) is 10.4 Å². The molecule has 0 fully saturated rings. The monoisotopic (exact) mass is 279 g/mol. The Bertz CT molecular complexity index is 631. The van der Waals surface area contributed by atoms with Gasteiger partial charge in [0.25, 0.3) is 0 Å². The Morgan fingerprint density at radius 3 is 2.67 bits per heavy atom. The lowest BCUT2D eigenvalue weighted by molar-refractivity contribution is 0.210. The Morgan fingerprint density at radius 1 is 1.44 bits per heavy atom. The number of amides is 1. The molecule has 0 spiro atoms. The number of rotatable bonds is 2. The summed E-state index contributed by atoms with van der Waals surface area (Å²) in [5.74, 6) is 0. The second kappa shape index (κ2) is 5.04.